The maximum Gasteiger partial charge on any atom is 0.00366 e. The van der Waals surface area contributed by atoms with Crippen molar-refractivity contribution in [1.82, 2.24) is 0 Å². The Labute approximate surface area is 68.4 Å². The zero-order valence-corrected chi connectivity index (χ0v) is 6.85. The van der Waals surface area contributed by atoms with Gasteiger partial charge in [-0.2, -0.15) is 0 Å². The van der Waals surface area contributed by atoms with Crippen molar-refractivity contribution in [3.8, 4) is 0 Å². The van der Waals surface area contributed by atoms with Gasteiger partial charge in [0.1, 0.15) is 0 Å². The summed E-state index contributed by atoms with van der Waals surface area (Å²) in [5.41, 5.74) is 0. The molecule has 0 aliphatic rings. The molecule has 0 aliphatic carbocycles. The Kier molecular flexibility index (Phi) is 63.5. The van der Waals surface area contributed by atoms with E-state index in [4.69, 9.17) is 10.1 Å². The Bertz CT molecular complexity index is 17.1. The summed E-state index contributed by atoms with van der Waals surface area (Å²) in [6, 6.07) is 0. The number of nitrogens with one attached hydrogen (secondary N) is 1. The van der Waals surface area contributed by atoms with Gasteiger partial charge in [0.2, 0.25) is 0 Å². The van der Waals surface area contributed by atoms with Crippen molar-refractivity contribution in [2.45, 2.75) is 0 Å². The molecule has 27 valence electrons. The Hall–Kier alpha value is 1.13. The van der Waals surface area contributed by atoms with E-state index in [1.54, 1.807) is 0 Å². The largest absolute Gasteiger partial charge is 1.00 e. The van der Waals surface area contributed by atoms with Crippen LogP contribution in [0.3, 0.4) is 0 Å². The predicted octanol–water partition coefficient (Wildman–Crippen LogP) is -5.05. The van der Waals surface area contributed by atoms with Crippen molar-refractivity contribution in [3.63, 3.8) is 0 Å². The summed E-state index contributed by atoms with van der Waals surface area (Å²) in [7, 11) is 0. The molecule has 0 bridgehead atoms. The van der Waals surface area contributed by atoms with Crippen LogP contribution in [0.25, 0.3) is 0 Å². The van der Waals surface area contributed by atoms with Gasteiger partial charge in [0.05, 0.1) is 0 Å². The van der Waals surface area contributed by atoms with Gasteiger partial charge in [-0.25, -0.2) is 0 Å². The molecule has 0 aliphatic heterocycles. The SMILES string of the molecule is O=[NH+][O-].[I-].[Na]. The summed E-state index contributed by atoms with van der Waals surface area (Å²) >= 11 is 0. The number of halogens is 1. The molecular formula is HINNaO2-. The molecule has 0 fully saturated rings. The second kappa shape index (κ2) is 19.3. The normalized spacial score (nSPS) is 2.40. The van der Waals surface area contributed by atoms with Crippen LogP contribution in [0.5, 0.6) is 0 Å². The first-order valence-corrected chi connectivity index (χ1v) is 0.408. The van der Waals surface area contributed by atoms with Crippen molar-refractivity contribution in [1.29, 1.82) is 0 Å². The third-order valence-corrected chi connectivity index (χ3v) is 0. The first-order chi connectivity index (χ1) is 1.41. The molecule has 0 aromatic rings. The van der Waals surface area contributed by atoms with Crippen LogP contribution in [-0.4, -0.2) is 29.6 Å². The van der Waals surface area contributed by atoms with Gasteiger partial charge in [0.25, 0.3) is 0 Å². The molecule has 5 heteroatoms. The summed E-state index contributed by atoms with van der Waals surface area (Å²) in [4.78, 5) is 8.12. The Morgan fingerprint density at radius 2 is 1.60 bits per heavy atom. The number of rotatable bonds is 0. The minimum Gasteiger partial charge on any atom is -1.00 e. The topological polar surface area (TPSA) is 54.1 Å². The average molecular weight is 197 g/mol. The van der Waals surface area contributed by atoms with Crippen LogP contribution in [0.2, 0.25) is 0 Å². The van der Waals surface area contributed by atoms with E-state index >= 15 is 0 Å². The molecule has 0 aromatic carbocycles. The smallest absolute Gasteiger partial charge is 0.00366 e. The molecule has 0 heterocycles. The monoisotopic (exact) mass is 197 g/mol. The van der Waals surface area contributed by atoms with Gasteiger partial charge in [0, 0.05) is 34.9 Å². The third-order valence-electron chi connectivity index (χ3n) is 0. The summed E-state index contributed by atoms with van der Waals surface area (Å²) in [5, 5.41) is 8.38. The molecule has 0 saturated heterocycles. The third kappa shape index (κ3) is 39.4. The van der Waals surface area contributed by atoms with Crippen LogP contribution < -0.4 is 29.3 Å². The molecule has 3 nitrogen and oxygen atoms in total. The van der Waals surface area contributed by atoms with Gasteiger partial charge in [-0.1, -0.05) is 0 Å². The van der Waals surface area contributed by atoms with Crippen molar-refractivity contribution >= 4 is 29.6 Å². The van der Waals surface area contributed by atoms with Crippen LogP contribution in [0.4, 0.5) is 0 Å². The molecule has 0 atom stereocenters. The van der Waals surface area contributed by atoms with Crippen LogP contribution in [0.15, 0.2) is 0 Å². The first kappa shape index (κ1) is 16.5. The summed E-state index contributed by atoms with van der Waals surface area (Å²) in [6.45, 7) is 0. The molecule has 5 heavy (non-hydrogen) atoms. The van der Waals surface area contributed by atoms with Gasteiger partial charge >= 0.3 is 0 Å². The maximum absolute atomic E-state index is 8.12. The van der Waals surface area contributed by atoms with Gasteiger partial charge < -0.3 is 24.0 Å². The van der Waals surface area contributed by atoms with Gasteiger partial charge in [-0.3, -0.25) is 10.1 Å². The van der Waals surface area contributed by atoms with E-state index in [2.05, 4.69) is 0 Å². The minimum absolute atomic E-state index is 0. The molecule has 1 N–H and O–H groups in total. The second-order valence-electron chi connectivity index (χ2n) is 0.0833. The molecular weight excluding hydrogens is 196 g/mol. The predicted molar refractivity (Wildman–Crippen MR) is 13.5 cm³/mol. The quantitative estimate of drug-likeness (QED) is 0.183. The van der Waals surface area contributed by atoms with Crippen molar-refractivity contribution in [2.24, 2.45) is 0 Å². The molecule has 0 spiro atoms. The number of hydrogen-bond acceptors (Lipinski definition) is 2. The van der Waals surface area contributed by atoms with Crippen LogP contribution in [0.1, 0.15) is 0 Å². The van der Waals surface area contributed by atoms with E-state index in [0.717, 1.165) is 0 Å². The van der Waals surface area contributed by atoms with Gasteiger partial charge in [-0.05, 0) is 0 Å². The van der Waals surface area contributed by atoms with Crippen LogP contribution >= 0.6 is 0 Å². The zero-order valence-electron chi connectivity index (χ0n) is 2.69. The van der Waals surface area contributed by atoms with Crippen molar-refractivity contribution in [2.75, 3.05) is 0 Å². The molecule has 0 saturated carbocycles. The van der Waals surface area contributed by atoms with Crippen LogP contribution in [0, 0.1) is 10.1 Å². The first-order valence-electron chi connectivity index (χ1n) is 0.408. The van der Waals surface area contributed by atoms with Gasteiger partial charge in [0.15, 0.2) is 0 Å². The van der Waals surface area contributed by atoms with E-state index in [1.807, 2.05) is 0 Å². The molecule has 0 aromatic heterocycles. The average Bonchev–Trinajstić information content (AvgIpc) is 0.918. The standard InChI is InChI=1S/HI.HNO2.Na/c;2-1-3;/h1H;1H;/p-1. The Morgan fingerprint density at radius 3 is 1.60 bits per heavy atom. The minimum atomic E-state index is 0. The fourth-order valence-corrected chi connectivity index (χ4v) is 0. The molecule has 0 unspecified atom stereocenters. The van der Waals surface area contributed by atoms with Crippen LogP contribution in [-0.2, 0) is 0 Å². The molecule has 0 amide bonds. The van der Waals surface area contributed by atoms with Crippen molar-refractivity contribution in [3.05, 3.63) is 10.1 Å². The Morgan fingerprint density at radius 1 is 1.60 bits per heavy atom. The summed E-state index contributed by atoms with van der Waals surface area (Å²) < 4.78 is 0. The molecule has 1 radical (unpaired) electrons. The van der Waals surface area contributed by atoms with E-state index in [-0.39, 0.29) is 58.9 Å². The molecule has 0 rings (SSSR count). The maximum atomic E-state index is 8.12. The fraction of sp³-hybridized carbons (Fsp3) is 0. The summed E-state index contributed by atoms with van der Waals surface area (Å²) in [6.07, 6.45) is 0. The van der Waals surface area contributed by atoms with E-state index in [1.165, 1.54) is 0 Å². The zero-order chi connectivity index (χ0) is 2.71. The fourth-order valence-electron chi connectivity index (χ4n) is 0. The Balaban J connectivity index is -0.0000000200. The summed E-state index contributed by atoms with van der Waals surface area (Å²) in [5.74, 6) is 0. The van der Waals surface area contributed by atoms with Gasteiger partial charge in [-0.15, -0.1) is 0 Å². The van der Waals surface area contributed by atoms with Crippen molar-refractivity contribution < 1.29 is 29.3 Å². The van der Waals surface area contributed by atoms with E-state index in [9.17, 15) is 0 Å². The second-order valence-corrected chi connectivity index (χ2v) is 0.0833. The van der Waals surface area contributed by atoms with E-state index in [0.29, 0.717) is 0 Å². The number of hydrogen-bond donors (Lipinski definition) is 1. The van der Waals surface area contributed by atoms with E-state index < -0.39 is 0 Å².